The van der Waals surface area contributed by atoms with Gasteiger partial charge in [-0.05, 0) is 39.3 Å². The Morgan fingerprint density at radius 3 is 2.67 bits per heavy atom. The van der Waals surface area contributed by atoms with E-state index in [-0.39, 0.29) is 6.04 Å². The van der Waals surface area contributed by atoms with E-state index in [4.69, 9.17) is 4.74 Å². The van der Waals surface area contributed by atoms with Crippen LogP contribution >= 0.6 is 0 Å². The second-order valence-electron chi connectivity index (χ2n) is 7.23. The largest absolute Gasteiger partial charge is 0.444 e. The Morgan fingerprint density at radius 2 is 1.96 bits per heavy atom. The van der Waals surface area contributed by atoms with Gasteiger partial charge in [-0.25, -0.2) is 19.4 Å². The van der Waals surface area contributed by atoms with Gasteiger partial charge < -0.3 is 10.1 Å². The van der Waals surface area contributed by atoms with Gasteiger partial charge in [-0.2, -0.15) is 5.10 Å². The zero-order valence-electron chi connectivity index (χ0n) is 15.9. The number of nitrogens with zero attached hydrogens (tertiary/aromatic N) is 4. The number of alkyl carbamates (subject to hydrolysis) is 1. The average Bonchev–Trinajstić information content (AvgIpc) is 3.03. The molecule has 0 saturated carbocycles. The highest BCUT2D eigenvalue weighted by Gasteiger charge is 2.16. The monoisotopic (exact) mass is 365 g/mol. The quantitative estimate of drug-likeness (QED) is 0.761. The fourth-order valence-corrected chi connectivity index (χ4v) is 2.61. The Labute approximate surface area is 158 Å². The fourth-order valence-electron chi connectivity index (χ4n) is 2.61. The first-order valence-corrected chi connectivity index (χ1v) is 8.73. The molecular weight excluding hydrogens is 342 g/mol. The maximum absolute atomic E-state index is 11.9. The molecule has 1 N–H and O–H groups in total. The van der Waals surface area contributed by atoms with Gasteiger partial charge >= 0.3 is 6.09 Å². The summed E-state index contributed by atoms with van der Waals surface area (Å²) in [5, 5.41) is 8.26. The Morgan fingerprint density at radius 1 is 1.22 bits per heavy atom. The number of hydrogen-bond donors (Lipinski definition) is 1. The molecule has 3 rings (SSSR count). The predicted molar refractivity (Wildman–Crippen MR) is 105 cm³/mol. The van der Waals surface area contributed by atoms with Crippen molar-refractivity contribution in [1.82, 2.24) is 25.1 Å². The summed E-state index contributed by atoms with van der Waals surface area (Å²) in [5.74, 6) is 0. The predicted octanol–water partition coefficient (Wildman–Crippen LogP) is 3.74. The third-order valence-corrected chi connectivity index (χ3v) is 3.75. The number of ether oxygens (including phenoxy) is 1. The molecule has 2 heterocycles. The maximum atomic E-state index is 11.9. The second-order valence-corrected chi connectivity index (χ2v) is 7.23. The van der Waals surface area contributed by atoms with Crippen LogP contribution in [0.4, 0.5) is 4.79 Å². The van der Waals surface area contributed by atoms with Crippen LogP contribution in [0, 0.1) is 0 Å². The molecule has 0 aliphatic heterocycles. The number of carbonyl (C=O) groups is 1. The van der Waals surface area contributed by atoms with E-state index in [1.165, 1.54) is 6.33 Å². The van der Waals surface area contributed by atoms with E-state index in [1.54, 1.807) is 17.1 Å². The Kier molecular flexibility index (Phi) is 5.21. The number of hydrogen-bond acceptors (Lipinski definition) is 5. The minimum absolute atomic E-state index is 0.173. The van der Waals surface area contributed by atoms with Crippen molar-refractivity contribution in [1.29, 1.82) is 0 Å². The summed E-state index contributed by atoms with van der Waals surface area (Å²) in [7, 11) is 0. The van der Waals surface area contributed by atoms with Crippen LogP contribution in [0.5, 0.6) is 0 Å². The molecule has 0 fully saturated rings. The minimum Gasteiger partial charge on any atom is -0.444 e. The lowest BCUT2D eigenvalue weighted by molar-refractivity contribution is 0.0518. The van der Waals surface area contributed by atoms with Crippen LogP contribution in [0.15, 0.2) is 49.2 Å². The molecule has 0 aliphatic carbocycles. The number of carbonyl (C=O) groups excluding carboxylic acids is 1. The summed E-state index contributed by atoms with van der Waals surface area (Å²) >= 11 is 0. The van der Waals surface area contributed by atoms with Crippen LogP contribution < -0.4 is 5.32 Å². The number of benzene rings is 1. The highest BCUT2D eigenvalue weighted by Crippen LogP contribution is 2.22. The zero-order valence-corrected chi connectivity index (χ0v) is 15.9. The highest BCUT2D eigenvalue weighted by atomic mass is 16.6. The van der Waals surface area contributed by atoms with E-state index < -0.39 is 11.7 Å². The first kappa shape index (κ1) is 18.6. The number of nitrogens with one attached hydrogen (secondary N) is 1. The molecule has 7 heteroatoms. The summed E-state index contributed by atoms with van der Waals surface area (Å²) in [6.07, 6.45) is 10.2. The van der Waals surface area contributed by atoms with E-state index in [2.05, 4.69) is 20.4 Å². The molecule has 0 aliphatic rings. The molecule has 2 aromatic heterocycles. The summed E-state index contributed by atoms with van der Waals surface area (Å²) in [6.45, 7) is 7.40. The molecule has 1 atom stereocenters. The van der Waals surface area contributed by atoms with Crippen LogP contribution in [-0.2, 0) is 4.74 Å². The third-order valence-electron chi connectivity index (χ3n) is 3.75. The summed E-state index contributed by atoms with van der Waals surface area (Å²) < 4.78 is 7.07. The molecule has 0 saturated heterocycles. The molecule has 0 bridgehead atoms. The molecule has 0 radical (unpaired) electrons. The van der Waals surface area contributed by atoms with Gasteiger partial charge in [0.15, 0.2) is 0 Å². The van der Waals surface area contributed by atoms with Gasteiger partial charge in [-0.15, -0.1) is 0 Å². The SMILES string of the molecule is C[C@@H](C=Cc1cccc2c1cnn2-c1cncnc1)NC(=O)OC(C)(C)C. The highest BCUT2D eigenvalue weighted by molar-refractivity contribution is 5.89. The van der Waals surface area contributed by atoms with E-state index in [0.717, 1.165) is 22.2 Å². The number of amides is 1. The Bertz CT molecular complexity index is 957. The first-order valence-electron chi connectivity index (χ1n) is 8.73. The van der Waals surface area contributed by atoms with Gasteiger partial charge in [0.25, 0.3) is 0 Å². The fraction of sp³-hybridized carbons (Fsp3) is 0.300. The summed E-state index contributed by atoms with van der Waals surface area (Å²) in [5.41, 5.74) is 2.25. The van der Waals surface area contributed by atoms with Crippen molar-refractivity contribution in [3.63, 3.8) is 0 Å². The van der Waals surface area contributed by atoms with Crippen LogP contribution in [-0.4, -0.2) is 37.5 Å². The topological polar surface area (TPSA) is 81.9 Å². The smallest absolute Gasteiger partial charge is 0.408 e. The van der Waals surface area contributed by atoms with E-state index in [1.807, 2.05) is 64.2 Å². The number of aromatic nitrogens is 4. The lowest BCUT2D eigenvalue weighted by atomic mass is 10.1. The van der Waals surface area contributed by atoms with Crippen LogP contribution in [0.3, 0.4) is 0 Å². The van der Waals surface area contributed by atoms with Gasteiger partial charge in [0.1, 0.15) is 17.6 Å². The molecular formula is C20H23N5O2. The van der Waals surface area contributed by atoms with Gasteiger partial charge in [-0.1, -0.05) is 24.3 Å². The van der Waals surface area contributed by atoms with Gasteiger partial charge in [0, 0.05) is 11.4 Å². The standard InChI is InChI=1S/C20H23N5O2/c1-14(24-19(26)27-20(2,3)4)8-9-15-6-5-7-18-17(15)12-23-25(18)16-10-21-13-22-11-16/h5-14H,1-4H3,(H,24,26)/t14-/m0/s1. The van der Waals surface area contributed by atoms with Gasteiger partial charge in [0.05, 0.1) is 24.1 Å². The maximum Gasteiger partial charge on any atom is 0.408 e. The first-order chi connectivity index (χ1) is 12.8. The molecule has 0 unspecified atom stereocenters. The van der Waals surface area contributed by atoms with Crippen molar-refractivity contribution in [2.45, 2.75) is 39.3 Å². The van der Waals surface area contributed by atoms with E-state index in [0.29, 0.717) is 0 Å². The Balaban J connectivity index is 1.78. The molecule has 1 aromatic carbocycles. The number of fused-ring (bicyclic) bond motifs is 1. The Hall–Kier alpha value is -3.22. The van der Waals surface area contributed by atoms with Crippen molar-refractivity contribution in [3.8, 4) is 5.69 Å². The second kappa shape index (κ2) is 7.57. The summed E-state index contributed by atoms with van der Waals surface area (Å²) in [4.78, 5) is 19.9. The molecule has 0 spiro atoms. The van der Waals surface area contributed by atoms with Gasteiger partial charge in [0.2, 0.25) is 0 Å². The van der Waals surface area contributed by atoms with Crippen LogP contribution in [0.2, 0.25) is 0 Å². The normalized spacial score (nSPS) is 13.0. The number of rotatable bonds is 4. The van der Waals surface area contributed by atoms with Crippen molar-refractivity contribution < 1.29 is 9.53 Å². The van der Waals surface area contributed by atoms with Crippen LogP contribution in [0.1, 0.15) is 33.3 Å². The summed E-state index contributed by atoms with van der Waals surface area (Å²) in [6, 6.07) is 5.80. The molecule has 27 heavy (non-hydrogen) atoms. The van der Waals surface area contributed by atoms with Gasteiger partial charge in [-0.3, -0.25) is 0 Å². The molecule has 1 amide bonds. The third kappa shape index (κ3) is 4.69. The average molecular weight is 365 g/mol. The van der Waals surface area contributed by atoms with Crippen molar-refractivity contribution in [3.05, 3.63) is 54.8 Å². The minimum atomic E-state index is -0.519. The van der Waals surface area contributed by atoms with Crippen molar-refractivity contribution in [2.24, 2.45) is 0 Å². The van der Waals surface area contributed by atoms with E-state index >= 15 is 0 Å². The molecule has 3 aromatic rings. The van der Waals surface area contributed by atoms with Crippen molar-refractivity contribution >= 4 is 23.1 Å². The lowest BCUT2D eigenvalue weighted by Crippen LogP contribution is -2.36. The van der Waals surface area contributed by atoms with Crippen molar-refractivity contribution in [2.75, 3.05) is 0 Å². The zero-order chi connectivity index (χ0) is 19.4. The molecule has 140 valence electrons. The van der Waals surface area contributed by atoms with Crippen LogP contribution in [0.25, 0.3) is 22.7 Å². The molecule has 7 nitrogen and oxygen atoms in total. The van der Waals surface area contributed by atoms with E-state index in [9.17, 15) is 4.79 Å². The lowest BCUT2D eigenvalue weighted by Gasteiger charge is -2.21.